The van der Waals surface area contributed by atoms with Crippen LogP contribution in [0.5, 0.6) is 0 Å². The molecule has 2 rings (SSSR count). The molecule has 1 saturated heterocycles. The predicted octanol–water partition coefficient (Wildman–Crippen LogP) is 0.381. The number of nitrogens with zero attached hydrogens (tertiary/aromatic N) is 3. The monoisotopic (exact) mass is 249 g/mol. The van der Waals surface area contributed by atoms with Gasteiger partial charge in [-0.05, 0) is 6.92 Å². The molecule has 0 N–H and O–H groups in total. The third kappa shape index (κ3) is 1.82. The summed E-state index contributed by atoms with van der Waals surface area (Å²) in [5, 5.41) is 12.6. The lowest BCUT2D eigenvalue weighted by Crippen LogP contribution is -2.26. The summed E-state index contributed by atoms with van der Waals surface area (Å²) in [4.78, 5) is 24.5. The van der Waals surface area contributed by atoms with Gasteiger partial charge in [0.2, 0.25) is 5.91 Å². The standard InChI is InChI=1S/C11H11N3O4/c1-6-8(4-12)10(18-13-6)14-5-7(3-9(14)15)11(16)17-2/h7H,3,5H2,1-2H3. The van der Waals surface area contributed by atoms with Crippen molar-refractivity contribution in [3.05, 3.63) is 11.3 Å². The summed E-state index contributed by atoms with van der Waals surface area (Å²) in [7, 11) is 1.27. The number of ether oxygens (including phenoxy) is 1. The molecule has 0 aliphatic carbocycles. The Balaban J connectivity index is 2.28. The second kappa shape index (κ2) is 4.49. The van der Waals surface area contributed by atoms with Gasteiger partial charge in [0.05, 0.1) is 13.0 Å². The van der Waals surface area contributed by atoms with E-state index in [1.165, 1.54) is 12.0 Å². The Hall–Kier alpha value is -2.36. The number of rotatable bonds is 2. The smallest absolute Gasteiger partial charge is 0.311 e. The van der Waals surface area contributed by atoms with Crippen LogP contribution < -0.4 is 4.90 Å². The summed E-state index contributed by atoms with van der Waals surface area (Å²) in [5.74, 6) is -1.15. The van der Waals surface area contributed by atoms with E-state index < -0.39 is 11.9 Å². The van der Waals surface area contributed by atoms with Gasteiger partial charge in [-0.3, -0.25) is 14.5 Å². The van der Waals surface area contributed by atoms with Crippen LogP contribution in [-0.2, 0) is 14.3 Å². The minimum atomic E-state index is -0.528. The van der Waals surface area contributed by atoms with Crippen LogP contribution in [0.25, 0.3) is 0 Å². The average molecular weight is 249 g/mol. The summed E-state index contributed by atoms with van der Waals surface area (Å²) >= 11 is 0. The highest BCUT2D eigenvalue weighted by atomic mass is 16.5. The van der Waals surface area contributed by atoms with Crippen LogP contribution >= 0.6 is 0 Å². The zero-order valence-corrected chi connectivity index (χ0v) is 9.97. The fourth-order valence-electron chi connectivity index (χ4n) is 1.90. The van der Waals surface area contributed by atoms with Gasteiger partial charge < -0.3 is 9.26 Å². The molecule has 1 amide bonds. The lowest BCUT2D eigenvalue weighted by atomic mass is 10.1. The van der Waals surface area contributed by atoms with Gasteiger partial charge in [0, 0.05) is 13.0 Å². The van der Waals surface area contributed by atoms with Crippen molar-refractivity contribution in [3.8, 4) is 6.07 Å². The maximum absolute atomic E-state index is 11.8. The molecule has 7 nitrogen and oxygen atoms in total. The van der Waals surface area contributed by atoms with E-state index in [4.69, 9.17) is 9.78 Å². The Morgan fingerprint density at radius 3 is 3.00 bits per heavy atom. The SMILES string of the molecule is COC(=O)C1CC(=O)N(c2onc(C)c2C#N)C1. The first-order valence-corrected chi connectivity index (χ1v) is 5.33. The molecular weight excluding hydrogens is 238 g/mol. The van der Waals surface area contributed by atoms with Crippen molar-refractivity contribution in [2.45, 2.75) is 13.3 Å². The Bertz CT molecular complexity index is 543. The minimum Gasteiger partial charge on any atom is -0.469 e. The average Bonchev–Trinajstić information content (AvgIpc) is 2.91. The quantitative estimate of drug-likeness (QED) is 0.703. The van der Waals surface area contributed by atoms with Gasteiger partial charge in [-0.15, -0.1) is 0 Å². The minimum absolute atomic E-state index is 0.0529. The molecule has 1 aromatic heterocycles. The molecular formula is C11H11N3O4. The molecule has 1 fully saturated rings. The van der Waals surface area contributed by atoms with Crippen molar-refractivity contribution < 1.29 is 18.8 Å². The first-order chi connectivity index (χ1) is 8.58. The number of carbonyl (C=O) groups excluding carboxylic acids is 2. The van der Waals surface area contributed by atoms with Gasteiger partial charge in [0.25, 0.3) is 5.88 Å². The molecule has 18 heavy (non-hydrogen) atoms. The van der Waals surface area contributed by atoms with Gasteiger partial charge >= 0.3 is 5.97 Å². The molecule has 0 spiro atoms. The summed E-state index contributed by atoms with van der Waals surface area (Å²) in [6.07, 6.45) is 0.0529. The van der Waals surface area contributed by atoms with Crippen molar-refractivity contribution >= 4 is 17.8 Å². The highest BCUT2D eigenvalue weighted by molar-refractivity contribution is 5.99. The second-order valence-electron chi connectivity index (χ2n) is 3.99. The van der Waals surface area contributed by atoms with Crippen LogP contribution in [0, 0.1) is 24.2 Å². The molecule has 0 saturated carbocycles. The van der Waals surface area contributed by atoms with Gasteiger partial charge in [-0.25, -0.2) is 0 Å². The van der Waals surface area contributed by atoms with E-state index in [9.17, 15) is 9.59 Å². The maximum Gasteiger partial charge on any atom is 0.311 e. The number of amides is 1. The summed E-state index contributed by atoms with van der Waals surface area (Å²) in [6, 6.07) is 1.93. The van der Waals surface area contributed by atoms with E-state index >= 15 is 0 Å². The second-order valence-corrected chi connectivity index (χ2v) is 3.99. The molecule has 0 bridgehead atoms. The van der Waals surface area contributed by atoms with E-state index in [-0.39, 0.29) is 30.3 Å². The van der Waals surface area contributed by atoms with Gasteiger partial charge in [0.1, 0.15) is 17.3 Å². The van der Waals surface area contributed by atoms with Gasteiger partial charge in [-0.1, -0.05) is 5.16 Å². The van der Waals surface area contributed by atoms with Crippen LogP contribution in [0.15, 0.2) is 4.52 Å². The van der Waals surface area contributed by atoms with Crippen LogP contribution in [0.2, 0.25) is 0 Å². The van der Waals surface area contributed by atoms with E-state index in [1.807, 2.05) is 6.07 Å². The lowest BCUT2D eigenvalue weighted by Gasteiger charge is -2.11. The van der Waals surface area contributed by atoms with Crippen molar-refractivity contribution in [1.82, 2.24) is 5.16 Å². The number of anilines is 1. The molecule has 1 unspecified atom stereocenters. The number of hydrogen-bond donors (Lipinski definition) is 0. The molecule has 0 aromatic carbocycles. The molecule has 2 heterocycles. The van der Waals surface area contributed by atoms with Crippen molar-refractivity contribution in [3.63, 3.8) is 0 Å². The van der Waals surface area contributed by atoms with Crippen molar-refractivity contribution in [2.75, 3.05) is 18.6 Å². The topological polar surface area (TPSA) is 96.4 Å². The summed E-state index contributed by atoms with van der Waals surface area (Å²) in [5.41, 5.74) is 0.635. The van der Waals surface area contributed by atoms with E-state index in [0.29, 0.717) is 5.69 Å². The number of nitriles is 1. The largest absolute Gasteiger partial charge is 0.469 e. The fourth-order valence-corrected chi connectivity index (χ4v) is 1.90. The van der Waals surface area contributed by atoms with Crippen LogP contribution in [0.4, 0.5) is 5.88 Å². The zero-order chi connectivity index (χ0) is 13.3. The summed E-state index contributed by atoms with van der Waals surface area (Å²) in [6.45, 7) is 1.76. The first-order valence-electron chi connectivity index (χ1n) is 5.33. The number of esters is 1. The highest BCUT2D eigenvalue weighted by Crippen LogP contribution is 2.29. The molecule has 0 radical (unpaired) electrons. The van der Waals surface area contributed by atoms with E-state index in [0.717, 1.165) is 0 Å². The van der Waals surface area contributed by atoms with Crippen molar-refractivity contribution in [2.24, 2.45) is 5.92 Å². The third-order valence-corrected chi connectivity index (χ3v) is 2.86. The molecule has 1 aliphatic rings. The number of hydrogen-bond acceptors (Lipinski definition) is 6. The first kappa shape index (κ1) is 12.1. The lowest BCUT2D eigenvalue weighted by molar-refractivity contribution is -0.145. The Morgan fingerprint density at radius 2 is 2.39 bits per heavy atom. The van der Waals surface area contributed by atoms with Gasteiger partial charge in [0.15, 0.2) is 0 Å². The fraction of sp³-hybridized carbons (Fsp3) is 0.455. The Kier molecular flexibility index (Phi) is 3.02. The molecule has 1 atom stereocenters. The van der Waals surface area contributed by atoms with E-state index in [2.05, 4.69) is 9.89 Å². The van der Waals surface area contributed by atoms with Crippen LogP contribution in [-0.4, -0.2) is 30.7 Å². The number of aryl methyl sites for hydroxylation is 1. The molecule has 1 aromatic rings. The maximum atomic E-state index is 11.8. The molecule has 7 heteroatoms. The van der Waals surface area contributed by atoms with Gasteiger partial charge in [-0.2, -0.15) is 5.26 Å². The van der Waals surface area contributed by atoms with Crippen LogP contribution in [0.3, 0.4) is 0 Å². The number of aromatic nitrogens is 1. The highest BCUT2D eigenvalue weighted by Gasteiger charge is 2.38. The zero-order valence-electron chi connectivity index (χ0n) is 9.97. The normalized spacial score (nSPS) is 18.8. The van der Waals surface area contributed by atoms with E-state index in [1.54, 1.807) is 6.92 Å². The number of carbonyl (C=O) groups is 2. The number of methoxy groups -OCH3 is 1. The Labute approximate surface area is 103 Å². The Morgan fingerprint density at radius 1 is 1.67 bits per heavy atom. The van der Waals surface area contributed by atoms with Crippen LogP contribution in [0.1, 0.15) is 17.7 Å². The third-order valence-electron chi connectivity index (χ3n) is 2.86. The predicted molar refractivity (Wildman–Crippen MR) is 58.4 cm³/mol. The molecule has 94 valence electrons. The summed E-state index contributed by atoms with van der Waals surface area (Å²) < 4.78 is 9.58. The van der Waals surface area contributed by atoms with Crippen molar-refractivity contribution in [1.29, 1.82) is 5.26 Å². The molecule has 1 aliphatic heterocycles.